The van der Waals surface area contributed by atoms with Gasteiger partial charge < -0.3 is 14.8 Å². The summed E-state index contributed by atoms with van der Waals surface area (Å²) in [5.41, 5.74) is 1.17. The number of aromatic nitrogens is 3. The number of imidazole rings is 1. The summed E-state index contributed by atoms with van der Waals surface area (Å²) in [6.45, 7) is 0.950. The van der Waals surface area contributed by atoms with Crippen LogP contribution in [0.5, 0.6) is 0 Å². The van der Waals surface area contributed by atoms with Crippen molar-refractivity contribution in [3.8, 4) is 0 Å². The Bertz CT molecular complexity index is 638. The van der Waals surface area contributed by atoms with Crippen LogP contribution in [0.4, 0.5) is 11.5 Å². The van der Waals surface area contributed by atoms with Gasteiger partial charge in [0.2, 0.25) is 0 Å². The van der Waals surface area contributed by atoms with Crippen molar-refractivity contribution in [1.82, 2.24) is 14.5 Å². The molecule has 6 nitrogen and oxygen atoms in total. The Labute approximate surface area is 123 Å². The highest BCUT2D eigenvalue weighted by molar-refractivity contribution is 6.04. The number of nitrogens with one attached hydrogen (secondary N) is 1. The molecule has 3 rings (SSSR count). The monoisotopic (exact) mass is 285 g/mol. The maximum Gasteiger partial charge on any atom is 0.275 e. The van der Waals surface area contributed by atoms with E-state index in [2.05, 4.69) is 19.9 Å². The molecule has 3 heterocycles. The molecular formula is C15H19N5O. The number of hydrogen-bond acceptors (Lipinski definition) is 4. The first-order valence-electron chi connectivity index (χ1n) is 7.15. The maximum atomic E-state index is 12.4. The number of nitrogens with zero attached hydrogens (tertiary/aromatic N) is 4. The van der Waals surface area contributed by atoms with Crippen LogP contribution in [-0.4, -0.2) is 34.5 Å². The number of aryl methyl sites for hydroxylation is 2. The summed E-state index contributed by atoms with van der Waals surface area (Å²) in [7, 11) is 3.79. The largest absolute Gasteiger partial charge is 0.361 e. The SMILES string of the molecule is CN(C)c1ncccc1NC(=O)c1cn2c(n1)CCCC2. The third kappa shape index (κ3) is 2.74. The van der Waals surface area contributed by atoms with Crippen molar-refractivity contribution in [3.05, 3.63) is 36.0 Å². The summed E-state index contributed by atoms with van der Waals surface area (Å²) in [6.07, 6.45) is 6.79. The molecule has 2 aromatic rings. The Balaban J connectivity index is 1.82. The van der Waals surface area contributed by atoms with E-state index in [1.54, 1.807) is 12.3 Å². The van der Waals surface area contributed by atoms with Gasteiger partial charge in [0.25, 0.3) is 5.91 Å². The van der Waals surface area contributed by atoms with E-state index in [1.807, 2.05) is 31.3 Å². The van der Waals surface area contributed by atoms with Crippen LogP contribution in [0, 0.1) is 0 Å². The Morgan fingerprint density at radius 1 is 1.38 bits per heavy atom. The third-order valence-electron chi connectivity index (χ3n) is 3.60. The molecule has 0 spiro atoms. The summed E-state index contributed by atoms with van der Waals surface area (Å²) < 4.78 is 2.08. The second-order valence-corrected chi connectivity index (χ2v) is 5.42. The Morgan fingerprint density at radius 3 is 3.00 bits per heavy atom. The molecule has 0 radical (unpaired) electrons. The van der Waals surface area contributed by atoms with Crippen LogP contribution in [0.25, 0.3) is 0 Å². The third-order valence-corrected chi connectivity index (χ3v) is 3.60. The fourth-order valence-electron chi connectivity index (χ4n) is 2.56. The van der Waals surface area contributed by atoms with Gasteiger partial charge in [-0.3, -0.25) is 4.79 Å². The average Bonchev–Trinajstić information content (AvgIpc) is 2.91. The highest BCUT2D eigenvalue weighted by atomic mass is 16.1. The minimum atomic E-state index is -0.187. The van der Waals surface area contributed by atoms with Crippen LogP contribution in [0.2, 0.25) is 0 Å². The zero-order valence-electron chi connectivity index (χ0n) is 12.3. The van der Waals surface area contributed by atoms with E-state index >= 15 is 0 Å². The summed E-state index contributed by atoms with van der Waals surface area (Å²) in [5, 5.41) is 2.90. The molecule has 1 aliphatic heterocycles. The molecule has 0 atom stereocenters. The lowest BCUT2D eigenvalue weighted by Gasteiger charge is -2.15. The first-order chi connectivity index (χ1) is 10.1. The van der Waals surface area contributed by atoms with E-state index in [1.165, 1.54) is 0 Å². The van der Waals surface area contributed by atoms with Crippen molar-refractivity contribution in [1.29, 1.82) is 0 Å². The molecular weight excluding hydrogens is 266 g/mol. The van der Waals surface area contributed by atoms with Crippen molar-refractivity contribution in [2.24, 2.45) is 0 Å². The van der Waals surface area contributed by atoms with Crippen molar-refractivity contribution in [2.75, 3.05) is 24.3 Å². The number of amides is 1. The molecule has 110 valence electrons. The van der Waals surface area contributed by atoms with Gasteiger partial charge in [-0.05, 0) is 25.0 Å². The molecule has 0 unspecified atom stereocenters. The average molecular weight is 285 g/mol. The van der Waals surface area contributed by atoms with E-state index in [-0.39, 0.29) is 5.91 Å². The van der Waals surface area contributed by atoms with Gasteiger partial charge in [-0.15, -0.1) is 0 Å². The van der Waals surface area contributed by atoms with Crippen molar-refractivity contribution >= 4 is 17.4 Å². The zero-order valence-corrected chi connectivity index (χ0v) is 12.3. The van der Waals surface area contributed by atoms with Gasteiger partial charge in [-0.2, -0.15) is 0 Å². The van der Waals surface area contributed by atoms with E-state index in [4.69, 9.17) is 0 Å². The van der Waals surface area contributed by atoms with E-state index in [0.717, 1.165) is 37.4 Å². The number of anilines is 2. The fraction of sp³-hybridized carbons (Fsp3) is 0.400. The zero-order chi connectivity index (χ0) is 14.8. The lowest BCUT2D eigenvalue weighted by atomic mass is 10.2. The Kier molecular flexibility index (Phi) is 3.60. The van der Waals surface area contributed by atoms with Gasteiger partial charge in [0.15, 0.2) is 5.82 Å². The number of rotatable bonds is 3. The quantitative estimate of drug-likeness (QED) is 0.936. The predicted molar refractivity (Wildman–Crippen MR) is 81.7 cm³/mol. The Hall–Kier alpha value is -2.37. The molecule has 1 N–H and O–H groups in total. The number of carbonyl (C=O) groups is 1. The summed E-state index contributed by atoms with van der Waals surface area (Å²) in [5.74, 6) is 1.55. The molecule has 1 aliphatic rings. The van der Waals surface area contributed by atoms with Gasteiger partial charge in [0.05, 0.1) is 5.69 Å². The minimum absolute atomic E-state index is 0.187. The molecule has 0 aliphatic carbocycles. The topological polar surface area (TPSA) is 63.1 Å². The van der Waals surface area contributed by atoms with Crippen LogP contribution in [0.1, 0.15) is 29.2 Å². The smallest absolute Gasteiger partial charge is 0.275 e. The van der Waals surface area contributed by atoms with Crippen molar-refractivity contribution < 1.29 is 4.79 Å². The first-order valence-corrected chi connectivity index (χ1v) is 7.15. The van der Waals surface area contributed by atoms with Crippen LogP contribution < -0.4 is 10.2 Å². The molecule has 0 saturated heterocycles. The van der Waals surface area contributed by atoms with Crippen LogP contribution >= 0.6 is 0 Å². The van der Waals surface area contributed by atoms with Gasteiger partial charge >= 0.3 is 0 Å². The second kappa shape index (κ2) is 5.55. The summed E-state index contributed by atoms with van der Waals surface area (Å²) in [4.78, 5) is 23.0. The lowest BCUT2D eigenvalue weighted by Crippen LogP contribution is -2.18. The molecule has 2 aromatic heterocycles. The molecule has 21 heavy (non-hydrogen) atoms. The normalized spacial score (nSPS) is 13.6. The first kappa shape index (κ1) is 13.6. The number of carbonyl (C=O) groups excluding carboxylic acids is 1. The van der Waals surface area contributed by atoms with Crippen molar-refractivity contribution in [2.45, 2.75) is 25.8 Å². The molecule has 6 heteroatoms. The molecule has 1 amide bonds. The summed E-state index contributed by atoms with van der Waals surface area (Å²) in [6, 6.07) is 3.65. The molecule has 0 aromatic carbocycles. The standard InChI is InChI=1S/C15H19N5O/c1-19(2)14-11(6-5-8-16-14)18-15(21)12-10-20-9-4-3-7-13(20)17-12/h5-6,8,10H,3-4,7,9H2,1-2H3,(H,18,21). The predicted octanol–water partition coefficient (Wildman–Crippen LogP) is 1.93. The number of pyridine rings is 1. The number of hydrogen-bond donors (Lipinski definition) is 1. The summed E-state index contributed by atoms with van der Waals surface area (Å²) >= 11 is 0. The maximum absolute atomic E-state index is 12.4. The highest BCUT2D eigenvalue weighted by Crippen LogP contribution is 2.21. The van der Waals surface area contributed by atoms with E-state index < -0.39 is 0 Å². The van der Waals surface area contributed by atoms with Crippen LogP contribution in [-0.2, 0) is 13.0 Å². The van der Waals surface area contributed by atoms with Gasteiger partial charge in [0.1, 0.15) is 11.5 Å². The molecule has 0 saturated carbocycles. The highest BCUT2D eigenvalue weighted by Gasteiger charge is 2.18. The molecule has 0 bridgehead atoms. The van der Waals surface area contributed by atoms with E-state index in [0.29, 0.717) is 11.4 Å². The van der Waals surface area contributed by atoms with Gasteiger partial charge in [0, 0.05) is 39.5 Å². The second-order valence-electron chi connectivity index (χ2n) is 5.42. The lowest BCUT2D eigenvalue weighted by molar-refractivity contribution is 0.102. The van der Waals surface area contributed by atoms with Gasteiger partial charge in [-0.1, -0.05) is 0 Å². The van der Waals surface area contributed by atoms with Crippen LogP contribution in [0.15, 0.2) is 24.5 Å². The number of fused-ring (bicyclic) bond motifs is 1. The van der Waals surface area contributed by atoms with Crippen molar-refractivity contribution in [3.63, 3.8) is 0 Å². The van der Waals surface area contributed by atoms with Crippen LogP contribution in [0.3, 0.4) is 0 Å². The van der Waals surface area contributed by atoms with E-state index in [9.17, 15) is 4.79 Å². The minimum Gasteiger partial charge on any atom is -0.361 e. The van der Waals surface area contributed by atoms with Gasteiger partial charge in [-0.25, -0.2) is 9.97 Å². The Morgan fingerprint density at radius 2 is 2.24 bits per heavy atom. The fourth-order valence-corrected chi connectivity index (χ4v) is 2.56. The molecule has 0 fully saturated rings.